The van der Waals surface area contributed by atoms with Crippen LogP contribution in [0, 0.1) is 41.5 Å². The fourth-order valence-electron chi connectivity index (χ4n) is 4.87. The topological polar surface area (TPSA) is 38.0 Å². The molecule has 0 fully saturated rings. The highest BCUT2D eigenvalue weighted by atomic mass is 32.2. The number of pyridine rings is 1. The Morgan fingerprint density at radius 1 is 0.840 bits per heavy atom. The lowest BCUT2D eigenvalue weighted by Gasteiger charge is -2.34. The summed E-state index contributed by atoms with van der Waals surface area (Å²) in [6, 6.07) is 0. The van der Waals surface area contributed by atoms with Gasteiger partial charge in [-0.25, -0.2) is 8.42 Å². The van der Waals surface area contributed by atoms with Gasteiger partial charge in [0, 0.05) is 18.1 Å². The summed E-state index contributed by atoms with van der Waals surface area (Å²) < 4.78 is 28.7. The standard InChI is InChI=1S/C21H26NO2S/c1-10-12(3)16-9-22-15(6)11(2)14(5)20-19(22)17(16)18(13(10)4)21(7,8)25(20,23)24/h9H2,1-8H3/q+1. The molecule has 2 aliphatic heterocycles. The summed E-state index contributed by atoms with van der Waals surface area (Å²) >= 11 is 0. The Bertz CT molecular complexity index is 1110. The van der Waals surface area contributed by atoms with E-state index in [2.05, 4.69) is 32.3 Å². The molecule has 0 N–H and O–H groups in total. The van der Waals surface area contributed by atoms with Gasteiger partial charge < -0.3 is 0 Å². The molecule has 3 nitrogen and oxygen atoms in total. The van der Waals surface area contributed by atoms with Gasteiger partial charge in [0.25, 0.3) is 0 Å². The van der Waals surface area contributed by atoms with E-state index >= 15 is 0 Å². The maximum absolute atomic E-state index is 13.7. The molecule has 4 rings (SSSR count). The zero-order chi connectivity index (χ0) is 18.6. The van der Waals surface area contributed by atoms with Crippen LogP contribution in [0.1, 0.15) is 58.5 Å². The Morgan fingerprint density at radius 3 is 2.04 bits per heavy atom. The fraction of sp³-hybridized carbons (Fsp3) is 0.476. The first-order valence-electron chi connectivity index (χ1n) is 8.86. The van der Waals surface area contributed by atoms with Crippen molar-refractivity contribution in [2.45, 2.75) is 71.6 Å². The molecule has 0 saturated carbocycles. The maximum atomic E-state index is 13.7. The highest BCUT2D eigenvalue weighted by molar-refractivity contribution is 7.92. The van der Waals surface area contributed by atoms with Crippen LogP contribution in [0.15, 0.2) is 4.90 Å². The minimum Gasteiger partial charge on any atom is -0.223 e. The highest BCUT2D eigenvalue weighted by Crippen LogP contribution is 2.53. The van der Waals surface area contributed by atoms with Crippen molar-refractivity contribution in [3.63, 3.8) is 0 Å². The van der Waals surface area contributed by atoms with E-state index in [0.717, 1.165) is 34.5 Å². The molecule has 0 atom stereocenters. The monoisotopic (exact) mass is 356 g/mol. The van der Waals surface area contributed by atoms with Crippen LogP contribution < -0.4 is 4.57 Å². The molecule has 2 aromatic rings. The fourth-order valence-corrected chi connectivity index (χ4v) is 6.92. The minimum atomic E-state index is -3.47. The lowest BCUT2D eigenvalue weighted by atomic mass is 9.82. The quantitative estimate of drug-likeness (QED) is 0.573. The van der Waals surface area contributed by atoms with E-state index in [1.54, 1.807) is 0 Å². The maximum Gasteiger partial charge on any atom is 0.233 e. The second-order valence-corrected chi connectivity index (χ2v) is 10.7. The summed E-state index contributed by atoms with van der Waals surface area (Å²) in [5.41, 5.74) is 11.2. The van der Waals surface area contributed by atoms with Gasteiger partial charge in [-0.05, 0) is 76.3 Å². The molecule has 4 heteroatoms. The summed E-state index contributed by atoms with van der Waals surface area (Å²) in [7, 11) is -3.47. The molecular formula is C21H26NO2S+. The third-order valence-electron chi connectivity index (χ3n) is 6.94. The van der Waals surface area contributed by atoms with E-state index in [-0.39, 0.29) is 0 Å². The predicted molar refractivity (Wildman–Crippen MR) is 99.8 cm³/mol. The second-order valence-electron chi connectivity index (χ2n) is 8.22. The van der Waals surface area contributed by atoms with Gasteiger partial charge in [0.1, 0.15) is 4.90 Å². The van der Waals surface area contributed by atoms with Gasteiger partial charge in [0.15, 0.2) is 22.1 Å². The summed E-state index contributed by atoms with van der Waals surface area (Å²) in [5, 5.41) is 0. The first kappa shape index (κ1) is 16.8. The summed E-state index contributed by atoms with van der Waals surface area (Å²) in [4.78, 5) is 0.550. The van der Waals surface area contributed by atoms with E-state index in [0.29, 0.717) is 4.90 Å². The molecule has 0 amide bonds. The van der Waals surface area contributed by atoms with Crippen molar-refractivity contribution in [3.05, 3.63) is 44.6 Å². The normalized spacial score (nSPS) is 18.4. The number of hydrogen-bond donors (Lipinski definition) is 0. The van der Waals surface area contributed by atoms with Crippen molar-refractivity contribution < 1.29 is 13.0 Å². The van der Waals surface area contributed by atoms with Crippen LogP contribution in [-0.4, -0.2) is 8.42 Å². The number of nitrogens with zero attached hydrogens (tertiary/aromatic N) is 1. The lowest BCUT2D eigenvalue weighted by molar-refractivity contribution is -0.680. The zero-order valence-electron chi connectivity index (χ0n) is 16.4. The Hall–Kier alpha value is -1.68. The molecule has 0 unspecified atom stereocenters. The van der Waals surface area contributed by atoms with Gasteiger partial charge in [0.2, 0.25) is 5.69 Å². The molecule has 0 bridgehead atoms. The van der Waals surface area contributed by atoms with Crippen LogP contribution in [0.2, 0.25) is 0 Å². The first-order valence-corrected chi connectivity index (χ1v) is 10.3. The number of hydrogen-bond acceptors (Lipinski definition) is 2. The second kappa shape index (κ2) is 4.53. The van der Waals surface area contributed by atoms with Crippen LogP contribution >= 0.6 is 0 Å². The highest BCUT2D eigenvalue weighted by Gasteiger charge is 2.54. The van der Waals surface area contributed by atoms with Crippen LogP contribution in [0.3, 0.4) is 0 Å². The van der Waals surface area contributed by atoms with Gasteiger partial charge in [-0.2, -0.15) is 4.57 Å². The van der Waals surface area contributed by atoms with Crippen LogP contribution in [-0.2, 0) is 21.1 Å². The molecule has 3 heterocycles. The van der Waals surface area contributed by atoms with E-state index in [9.17, 15) is 8.42 Å². The van der Waals surface area contributed by atoms with Gasteiger partial charge in [-0.3, -0.25) is 0 Å². The van der Waals surface area contributed by atoms with Gasteiger partial charge in [-0.15, -0.1) is 0 Å². The van der Waals surface area contributed by atoms with Crippen molar-refractivity contribution >= 4 is 9.84 Å². The van der Waals surface area contributed by atoms with Crippen molar-refractivity contribution in [1.29, 1.82) is 0 Å². The van der Waals surface area contributed by atoms with E-state index in [1.165, 1.54) is 27.9 Å². The van der Waals surface area contributed by atoms with E-state index in [1.807, 2.05) is 27.7 Å². The molecule has 2 aliphatic rings. The Kier molecular flexibility index (Phi) is 3.04. The molecule has 132 valence electrons. The third-order valence-corrected chi connectivity index (χ3v) is 9.52. The smallest absolute Gasteiger partial charge is 0.223 e. The number of rotatable bonds is 0. The van der Waals surface area contributed by atoms with Crippen molar-refractivity contribution in [3.8, 4) is 11.3 Å². The predicted octanol–water partition coefficient (Wildman–Crippen LogP) is 3.88. The minimum absolute atomic E-state index is 0.550. The number of sulfone groups is 1. The molecule has 25 heavy (non-hydrogen) atoms. The largest absolute Gasteiger partial charge is 0.233 e. The summed E-state index contributed by atoms with van der Waals surface area (Å²) in [6.45, 7) is 17.0. The van der Waals surface area contributed by atoms with Crippen LogP contribution in [0.5, 0.6) is 0 Å². The SMILES string of the molecule is Cc1c(C)c2c3c(c1C)C(C)(C)S(=O)(=O)c1c(C)c(C)c(C)[n+](c1-3)C2. The van der Waals surface area contributed by atoms with Gasteiger partial charge >= 0.3 is 0 Å². The van der Waals surface area contributed by atoms with Crippen molar-refractivity contribution in [2.24, 2.45) is 0 Å². The molecule has 0 aliphatic carbocycles. The van der Waals surface area contributed by atoms with E-state index in [4.69, 9.17) is 0 Å². The first-order chi connectivity index (χ1) is 11.4. The molecule has 0 saturated heterocycles. The molecule has 0 radical (unpaired) electrons. The molecule has 1 aromatic carbocycles. The number of aromatic nitrogens is 1. The van der Waals surface area contributed by atoms with Crippen LogP contribution in [0.25, 0.3) is 11.3 Å². The summed E-state index contributed by atoms with van der Waals surface area (Å²) in [6.07, 6.45) is 0. The Balaban J connectivity index is 2.38. The average molecular weight is 357 g/mol. The zero-order valence-corrected chi connectivity index (χ0v) is 17.2. The Labute approximate surface area is 150 Å². The summed E-state index contributed by atoms with van der Waals surface area (Å²) in [5.74, 6) is 0. The average Bonchev–Trinajstić information content (AvgIpc) is 2.89. The van der Waals surface area contributed by atoms with Gasteiger partial charge in [0.05, 0.1) is 10.3 Å². The lowest BCUT2D eigenvalue weighted by Crippen LogP contribution is -2.43. The van der Waals surface area contributed by atoms with Crippen LogP contribution in [0.4, 0.5) is 0 Å². The van der Waals surface area contributed by atoms with Crippen molar-refractivity contribution in [2.75, 3.05) is 0 Å². The molecule has 0 spiro atoms. The Morgan fingerprint density at radius 2 is 1.44 bits per heavy atom. The van der Waals surface area contributed by atoms with Gasteiger partial charge in [-0.1, -0.05) is 0 Å². The number of benzene rings is 1. The molecular weight excluding hydrogens is 330 g/mol. The third kappa shape index (κ3) is 1.62. The van der Waals surface area contributed by atoms with E-state index < -0.39 is 14.6 Å². The van der Waals surface area contributed by atoms with Crippen molar-refractivity contribution in [1.82, 2.24) is 0 Å². The molecule has 1 aromatic heterocycles.